The van der Waals surface area contributed by atoms with Crippen molar-refractivity contribution in [2.24, 2.45) is 0 Å². The first-order chi connectivity index (χ1) is 11.6. The van der Waals surface area contributed by atoms with Crippen LogP contribution in [0.15, 0.2) is 30.3 Å². The highest BCUT2D eigenvalue weighted by Gasteiger charge is 2.27. The predicted molar refractivity (Wildman–Crippen MR) is 93.1 cm³/mol. The largest absolute Gasteiger partial charge is 0.376 e. The molecule has 0 N–H and O–H groups in total. The Morgan fingerprint density at radius 3 is 2.79 bits per heavy atom. The number of hydrogen-bond acceptors (Lipinski definition) is 3. The van der Waals surface area contributed by atoms with Gasteiger partial charge in [0.15, 0.2) is 5.69 Å². The second kappa shape index (κ2) is 7.18. The number of carbonyl (C=O) groups is 1. The monoisotopic (exact) mass is 327 g/mol. The number of aromatic nitrogens is 2. The van der Waals surface area contributed by atoms with Crippen molar-refractivity contribution < 1.29 is 9.53 Å². The van der Waals surface area contributed by atoms with Crippen molar-refractivity contribution in [3.05, 3.63) is 52.8 Å². The summed E-state index contributed by atoms with van der Waals surface area (Å²) >= 11 is 0. The molecule has 2 heterocycles. The lowest BCUT2D eigenvalue weighted by atomic mass is 10.1. The lowest BCUT2D eigenvalue weighted by Gasteiger charge is -2.18. The fourth-order valence-corrected chi connectivity index (χ4v) is 3.09. The second-order valence-corrected chi connectivity index (χ2v) is 6.58. The zero-order chi connectivity index (χ0) is 17.1. The summed E-state index contributed by atoms with van der Waals surface area (Å²) in [4.78, 5) is 14.6. The van der Waals surface area contributed by atoms with E-state index in [-0.39, 0.29) is 11.9 Å². The predicted octanol–water partition coefficient (Wildman–Crippen LogP) is 2.85. The topological polar surface area (TPSA) is 47.4 Å². The number of benzene rings is 1. The molecule has 1 amide bonds. The minimum atomic E-state index is -0.0212. The summed E-state index contributed by atoms with van der Waals surface area (Å²) in [7, 11) is 1.84. The first-order valence-corrected chi connectivity index (χ1v) is 8.55. The van der Waals surface area contributed by atoms with E-state index in [9.17, 15) is 4.79 Å². The van der Waals surface area contributed by atoms with Gasteiger partial charge in [0.2, 0.25) is 0 Å². The maximum absolute atomic E-state index is 12.9. The Labute approximate surface area is 143 Å². The highest BCUT2D eigenvalue weighted by molar-refractivity contribution is 5.94. The van der Waals surface area contributed by atoms with Crippen LogP contribution < -0.4 is 0 Å². The van der Waals surface area contributed by atoms with E-state index < -0.39 is 0 Å². The normalized spacial score (nSPS) is 13.8. The van der Waals surface area contributed by atoms with Crippen molar-refractivity contribution in [2.45, 2.75) is 39.3 Å². The van der Waals surface area contributed by atoms with E-state index in [2.05, 4.69) is 31.1 Å². The third-order valence-electron chi connectivity index (χ3n) is 4.47. The molecule has 3 rings (SSSR count). The van der Waals surface area contributed by atoms with Crippen molar-refractivity contribution >= 4 is 5.91 Å². The number of nitrogens with zero attached hydrogens (tertiary/aromatic N) is 3. The Bertz CT molecular complexity index is 707. The summed E-state index contributed by atoms with van der Waals surface area (Å²) in [6.45, 7) is 6.04. The molecule has 5 nitrogen and oxygen atoms in total. The summed E-state index contributed by atoms with van der Waals surface area (Å²) in [5.74, 6) is -0.0212. The van der Waals surface area contributed by atoms with E-state index in [1.165, 1.54) is 5.56 Å². The van der Waals surface area contributed by atoms with Crippen molar-refractivity contribution in [1.82, 2.24) is 14.7 Å². The standard InChI is InChI=1S/C19H25N3O2/c1-14(2)22-17-10-12-24-13-16(17)18(20-22)19(23)21(3)11-9-15-7-5-4-6-8-15/h4-8,14H,9-13H2,1-3H3. The molecule has 1 aromatic heterocycles. The summed E-state index contributed by atoms with van der Waals surface area (Å²) < 4.78 is 7.55. The lowest BCUT2D eigenvalue weighted by molar-refractivity contribution is 0.0776. The summed E-state index contributed by atoms with van der Waals surface area (Å²) in [6.07, 6.45) is 1.66. The molecule has 1 aliphatic heterocycles. The molecule has 2 aromatic rings. The lowest BCUT2D eigenvalue weighted by Crippen LogP contribution is -2.30. The van der Waals surface area contributed by atoms with Crippen LogP contribution in [0.5, 0.6) is 0 Å². The van der Waals surface area contributed by atoms with Gasteiger partial charge in [-0.25, -0.2) is 0 Å². The van der Waals surface area contributed by atoms with E-state index in [0.717, 1.165) is 24.1 Å². The highest BCUT2D eigenvalue weighted by Crippen LogP contribution is 2.24. The molecule has 0 bridgehead atoms. The third kappa shape index (κ3) is 3.36. The first kappa shape index (κ1) is 16.7. The van der Waals surface area contributed by atoms with Crippen molar-refractivity contribution in [1.29, 1.82) is 0 Å². The fourth-order valence-electron chi connectivity index (χ4n) is 3.09. The number of ether oxygens (including phenoxy) is 1. The van der Waals surface area contributed by atoms with Gasteiger partial charge in [0.05, 0.1) is 13.2 Å². The van der Waals surface area contributed by atoms with E-state index >= 15 is 0 Å². The van der Waals surface area contributed by atoms with Crippen LogP contribution in [0.25, 0.3) is 0 Å². The van der Waals surface area contributed by atoms with Crippen LogP contribution >= 0.6 is 0 Å². The Hall–Kier alpha value is -2.14. The minimum Gasteiger partial charge on any atom is -0.376 e. The number of rotatable bonds is 5. The van der Waals surface area contributed by atoms with Gasteiger partial charge >= 0.3 is 0 Å². The summed E-state index contributed by atoms with van der Waals surface area (Å²) in [5.41, 5.74) is 3.90. The van der Waals surface area contributed by atoms with Crippen LogP contribution in [0.2, 0.25) is 0 Å². The molecule has 1 aliphatic rings. The molecular weight excluding hydrogens is 302 g/mol. The zero-order valence-electron chi connectivity index (χ0n) is 14.7. The van der Waals surface area contributed by atoms with Crippen molar-refractivity contribution in [2.75, 3.05) is 20.2 Å². The van der Waals surface area contributed by atoms with E-state index in [4.69, 9.17) is 4.74 Å². The molecule has 0 unspecified atom stereocenters. The van der Waals surface area contributed by atoms with Gasteiger partial charge < -0.3 is 9.64 Å². The molecule has 0 saturated carbocycles. The number of fused-ring (bicyclic) bond motifs is 1. The van der Waals surface area contributed by atoms with E-state index in [1.807, 2.05) is 29.9 Å². The van der Waals surface area contributed by atoms with Crippen LogP contribution in [0.1, 0.15) is 47.2 Å². The van der Waals surface area contributed by atoms with Crippen LogP contribution in [0, 0.1) is 0 Å². The molecule has 1 aromatic carbocycles. The SMILES string of the molecule is CC(C)n1nc(C(=O)N(C)CCc2ccccc2)c2c1CCOC2. The van der Waals surface area contributed by atoms with Gasteiger partial charge in [-0.15, -0.1) is 0 Å². The van der Waals surface area contributed by atoms with Crippen molar-refractivity contribution in [3.8, 4) is 0 Å². The number of likely N-dealkylation sites (N-methyl/N-ethyl adjacent to an activating group) is 1. The molecule has 0 spiro atoms. The first-order valence-electron chi connectivity index (χ1n) is 8.55. The van der Waals surface area contributed by atoms with Crippen molar-refractivity contribution in [3.63, 3.8) is 0 Å². The van der Waals surface area contributed by atoms with Crippen LogP contribution in [-0.4, -0.2) is 40.8 Å². The Morgan fingerprint density at radius 1 is 1.33 bits per heavy atom. The molecule has 0 radical (unpaired) electrons. The molecular formula is C19H25N3O2. The summed E-state index contributed by atoms with van der Waals surface area (Å²) in [6, 6.07) is 10.5. The number of carbonyl (C=O) groups excluding carboxylic acids is 1. The minimum absolute atomic E-state index is 0.0212. The molecule has 0 fully saturated rings. The molecule has 128 valence electrons. The van der Waals surface area contributed by atoms with Gasteiger partial charge in [-0.1, -0.05) is 30.3 Å². The van der Waals surface area contributed by atoms with Crippen LogP contribution in [0.3, 0.4) is 0 Å². The van der Waals surface area contributed by atoms with Gasteiger partial charge in [0.1, 0.15) is 0 Å². The average Bonchev–Trinajstić information content (AvgIpc) is 3.00. The fraction of sp³-hybridized carbons (Fsp3) is 0.474. The number of amides is 1. The average molecular weight is 327 g/mol. The third-order valence-corrected chi connectivity index (χ3v) is 4.47. The number of hydrogen-bond donors (Lipinski definition) is 0. The molecule has 5 heteroatoms. The molecule has 0 aliphatic carbocycles. The zero-order valence-corrected chi connectivity index (χ0v) is 14.7. The highest BCUT2D eigenvalue weighted by atomic mass is 16.5. The van der Waals surface area contributed by atoms with Gasteiger partial charge in [-0.05, 0) is 25.8 Å². The van der Waals surface area contributed by atoms with E-state index in [0.29, 0.717) is 25.5 Å². The maximum atomic E-state index is 12.9. The van der Waals surface area contributed by atoms with Gasteiger partial charge in [-0.3, -0.25) is 9.48 Å². The maximum Gasteiger partial charge on any atom is 0.274 e. The molecule has 24 heavy (non-hydrogen) atoms. The van der Waals surface area contributed by atoms with Gasteiger partial charge in [0, 0.05) is 37.3 Å². The van der Waals surface area contributed by atoms with Gasteiger partial charge in [-0.2, -0.15) is 5.10 Å². The smallest absolute Gasteiger partial charge is 0.274 e. The Morgan fingerprint density at radius 2 is 2.08 bits per heavy atom. The van der Waals surface area contributed by atoms with Gasteiger partial charge in [0.25, 0.3) is 5.91 Å². The van der Waals surface area contributed by atoms with E-state index in [1.54, 1.807) is 4.90 Å². The second-order valence-electron chi connectivity index (χ2n) is 6.58. The quantitative estimate of drug-likeness (QED) is 0.848. The molecule has 0 saturated heterocycles. The molecule has 0 atom stereocenters. The Balaban J connectivity index is 1.76. The Kier molecular flexibility index (Phi) is 5.00. The van der Waals surface area contributed by atoms with Crippen LogP contribution in [0.4, 0.5) is 0 Å². The summed E-state index contributed by atoms with van der Waals surface area (Å²) in [5, 5.41) is 4.61. The van der Waals surface area contributed by atoms with Crippen LogP contribution in [-0.2, 0) is 24.2 Å².